The second-order valence-corrected chi connectivity index (χ2v) is 8.59. The first-order chi connectivity index (χ1) is 17.6. The molecule has 0 saturated carbocycles. The van der Waals surface area contributed by atoms with Crippen LogP contribution in [-0.2, 0) is 9.59 Å². The monoisotopic (exact) mass is 488 g/mol. The van der Waals surface area contributed by atoms with E-state index in [1.54, 1.807) is 0 Å². The third kappa shape index (κ3) is 7.25. The zero-order valence-electron chi connectivity index (χ0n) is 20.5. The summed E-state index contributed by atoms with van der Waals surface area (Å²) in [5, 5.41) is 2.99. The van der Waals surface area contributed by atoms with Gasteiger partial charge in [0.2, 0.25) is 11.8 Å². The van der Waals surface area contributed by atoms with Crippen molar-refractivity contribution < 1.29 is 23.8 Å². The number of anilines is 1. The Morgan fingerprint density at radius 2 is 1.39 bits per heavy atom. The Bertz CT molecular complexity index is 1110. The van der Waals surface area contributed by atoms with Crippen molar-refractivity contribution >= 4 is 17.5 Å². The molecule has 1 saturated heterocycles. The van der Waals surface area contributed by atoms with Crippen LogP contribution in [0.25, 0.3) is 0 Å². The van der Waals surface area contributed by atoms with Gasteiger partial charge < -0.3 is 24.4 Å². The fourth-order valence-electron chi connectivity index (χ4n) is 4.08. The van der Waals surface area contributed by atoms with E-state index in [2.05, 4.69) is 5.32 Å². The lowest BCUT2D eigenvalue weighted by molar-refractivity contribution is -0.135. The maximum atomic E-state index is 12.8. The molecule has 0 spiro atoms. The molecule has 36 heavy (non-hydrogen) atoms. The van der Waals surface area contributed by atoms with Gasteiger partial charge in [-0.25, -0.2) is 0 Å². The summed E-state index contributed by atoms with van der Waals surface area (Å²) >= 11 is 0. The van der Waals surface area contributed by atoms with Crippen LogP contribution in [0.3, 0.4) is 0 Å². The minimum atomic E-state index is -0.116. The summed E-state index contributed by atoms with van der Waals surface area (Å²) in [7, 11) is 0. The number of amides is 2. The number of rotatable bonds is 10. The predicted octanol–water partition coefficient (Wildman–Crippen LogP) is 5.52. The molecule has 1 aliphatic heterocycles. The average molecular weight is 489 g/mol. The molecule has 1 fully saturated rings. The number of carbonyl (C=O) groups is 2. The van der Waals surface area contributed by atoms with Crippen LogP contribution >= 0.6 is 0 Å². The van der Waals surface area contributed by atoms with Crippen molar-refractivity contribution in [1.29, 1.82) is 0 Å². The third-order valence-electron chi connectivity index (χ3n) is 6.04. The van der Waals surface area contributed by atoms with Crippen molar-refractivity contribution in [3.05, 3.63) is 78.9 Å². The van der Waals surface area contributed by atoms with E-state index >= 15 is 0 Å². The SMILES string of the molecule is CCOc1ccc(Oc2ccc(NC(=O)C3CCN(C(=O)CCOc4ccccc4)CC3)cc2)cc1. The molecule has 0 atom stereocenters. The van der Waals surface area contributed by atoms with Crippen LogP contribution in [0.15, 0.2) is 78.9 Å². The van der Waals surface area contributed by atoms with Crippen LogP contribution in [0.1, 0.15) is 26.2 Å². The van der Waals surface area contributed by atoms with Gasteiger partial charge in [0.15, 0.2) is 0 Å². The number of para-hydroxylation sites is 1. The number of nitrogens with zero attached hydrogens (tertiary/aromatic N) is 1. The van der Waals surface area contributed by atoms with E-state index in [9.17, 15) is 9.59 Å². The molecule has 1 aliphatic rings. The molecule has 1 N–H and O–H groups in total. The summed E-state index contributed by atoms with van der Waals surface area (Å²) in [4.78, 5) is 27.1. The average Bonchev–Trinajstić information content (AvgIpc) is 2.92. The Balaban J connectivity index is 1.18. The highest BCUT2D eigenvalue weighted by molar-refractivity contribution is 5.92. The number of piperidine rings is 1. The summed E-state index contributed by atoms with van der Waals surface area (Å²) in [6, 6.07) is 24.2. The van der Waals surface area contributed by atoms with E-state index in [1.165, 1.54) is 0 Å². The molecule has 2 amide bonds. The van der Waals surface area contributed by atoms with Gasteiger partial charge in [0.05, 0.1) is 19.6 Å². The number of hydrogen-bond acceptors (Lipinski definition) is 5. The number of ether oxygens (including phenoxy) is 3. The summed E-state index contributed by atoms with van der Waals surface area (Å²) in [5.41, 5.74) is 0.718. The lowest BCUT2D eigenvalue weighted by Crippen LogP contribution is -2.41. The number of likely N-dealkylation sites (tertiary alicyclic amines) is 1. The van der Waals surface area contributed by atoms with E-state index in [0.717, 1.165) is 17.2 Å². The van der Waals surface area contributed by atoms with E-state index in [-0.39, 0.29) is 17.7 Å². The zero-order valence-corrected chi connectivity index (χ0v) is 20.5. The van der Waals surface area contributed by atoms with Crippen LogP contribution in [0.5, 0.6) is 23.0 Å². The van der Waals surface area contributed by atoms with Gasteiger partial charge in [-0.1, -0.05) is 18.2 Å². The largest absolute Gasteiger partial charge is 0.494 e. The standard InChI is InChI=1S/C29H32N2O5/c1-2-34-25-12-14-27(15-13-25)36-26-10-8-23(9-11-26)30-29(33)22-16-19-31(20-17-22)28(32)18-21-35-24-6-4-3-5-7-24/h3-15,22H,2,16-21H2,1H3,(H,30,33). The highest BCUT2D eigenvalue weighted by atomic mass is 16.5. The molecule has 4 rings (SSSR count). The Kier molecular flexibility index (Phi) is 8.81. The molecule has 7 nitrogen and oxygen atoms in total. The van der Waals surface area contributed by atoms with Crippen LogP contribution in [0.4, 0.5) is 5.69 Å². The molecule has 7 heteroatoms. The summed E-state index contributed by atoms with van der Waals surface area (Å²) in [6.45, 7) is 4.07. The first-order valence-corrected chi connectivity index (χ1v) is 12.4. The van der Waals surface area contributed by atoms with Gasteiger partial charge in [0.1, 0.15) is 23.0 Å². The van der Waals surface area contributed by atoms with Crippen molar-refractivity contribution in [1.82, 2.24) is 4.90 Å². The van der Waals surface area contributed by atoms with Gasteiger partial charge >= 0.3 is 0 Å². The minimum absolute atomic E-state index is 0.0188. The summed E-state index contributed by atoms with van der Waals surface area (Å²) in [5.74, 6) is 2.88. The van der Waals surface area contributed by atoms with Gasteiger partial charge in [-0.05, 0) is 80.4 Å². The number of carbonyl (C=O) groups excluding carboxylic acids is 2. The van der Waals surface area contributed by atoms with Crippen molar-refractivity contribution in [3.63, 3.8) is 0 Å². The van der Waals surface area contributed by atoms with Crippen molar-refractivity contribution in [2.24, 2.45) is 5.92 Å². The fraction of sp³-hybridized carbons (Fsp3) is 0.310. The van der Waals surface area contributed by atoms with Crippen molar-refractivity contribution in [2.45, 2.75) is 26.2 Å². The summed E-state index contributed by atoms with van der Waals surface area (Å²) < 4.78 is 16.9. The first kappa shape index (κ1) is 25.1. The lowest BCUT2D eigenvalue weighted by atomic mass is 9.95. The normalized spacial score (nSPS) is 13.6. The lowest BCUT2D eigenvalue weighted by Gasteiger charge is -2.31. The molecule has 188 valence electrons. The molecule has 0 bridgehead atoms. The zero-order chi connectivity index (χ0) is 25.2. The van der Waals surface area contributed by atoms with E-state index in [1.807, 2.05) is 90.7 Å². The molecule has 0 radical (unpaired) electrons. The summed E-state index contributed by atoms with van der Waals surface area (Å²) in [6.07, 6.45) is 1.63. The van der Waals surface area contributed by atoms with Crippen molar-refractivity contribution in [2.75, 3.05) is 31.6 Å². The Hall–Kier alpha value is -4.00. The van der Waals surface area contributed by atoms with E-state index < -0.39 is 0 Å². The van der Waals surface area contributed by atoms with Gasteiger partial charge in [0, 0.05) is 24.7 Å². The molecular formula is C29H32N2O5. The number of benzene rings is 3. The molecule has 0 aromatic heterocycles. The first-order valence-electron chi connectivity index (χ1n) is 12.4. The Morgan fingerprint density at radius 1 is 0.806 bits per heavy atom. The number of nitrogens with one attached hydrogen (secondary N) is 1. The van der Waals surface area contributed by atoms with Crippen molar-refractivity contribution in [3.8, 4) is 23.0 Å². The van der Waals surface area contributed by atoms with E-state index in [4.69, 9.17) is 14.2 Å². The van der Waals surface area contributed by atoms with Crippen LogP contribution in [-0.4, -0.2) is 43.0 Å². The van der Waals surface area contributed by atoms with Crippen LogP contribution < -0.4 is 19.5 Å². The fourth-order valence-corrected chi connectivity index (χ4v) is 4.08. The molecular weight excluding hydrogens is 456 g/mol. The quantitative estimate of drug-likeness (QED) is 0.406. The van der Waals surface area contributed by atoms with Gasteiger partial charge in [0.25, 0.3) is 0 Å². The maximum Gasteiger partial charge on any atom is 0.227 e. The molecule has 0 aliphatic carbocycles. The maximum absolute atomic E-state index is 12.8. The van der Waals surface area contributed by atoms with Gasteiger partial charge in [-0.3, -0.25) is 9.59 Å². The smallest absolute Gasteiger partial charge is 0.227 e. The molecule has 0 unspecified atom stereocenters. The highest BCUT2D eigenvalue weighted by Gasteiger charge is 2.27. The van der Waals surface area contributed by atoms with Crippen LogP contribution in [0.2, 0.25) is 0 Å². The molecule has 1 heterocycles. The van der Waals surface area contributed by atoms with Crippen LogP contribution in [0, 0.1) is 5.92 Å². The molecule has 3 aromatic carbocycles. The minimum Gasteiger partial charge on any atom is -0.494 e. The highest BCUT2D eigenvalue weighted by Crippen LogP contribution is 2.26. The second-order valence-electron chi connectivity index (χ2n) is 8.59. The topological polar surface area (TPSA) is 77.1 Å². The van der Waals surface area contributed by atoms with Gasteiger partial charge in [-0.2, -0.15) is 0 Å². The third-order valence-corrected chi connectivity index (χ3v) is 6.04. The van der Waals surface area contributed by atoms with Gasteiger partial charge in [-0.15, -0.1) is 0 Å². The Morgan fingerprint density at radius 3 is 2.03 bits per heavy atom. The number of hydrogen-bond donors (Lipinski definition) is 1. The predicted molar refractivity (Wildman–Crippen MR) is 139 cm³/mol. The second kappa shape index (κ2) is 12.6. The molecule has 3 aromatic rings. The van der Waals surface area contributed by atoms with E-state index in [0.29, 0.717) is 57.1 Å². The Labute approximate surface area is 212 Å².